The summed E-state index contributed by atoms with van der Waals surface area (Å²) in [5, 5.41) is 4.43. The van der Waals surface area contributed by atoms with Crippen molar-refractivity contribution in [1.82, 2.24) is 5.32 Å². The van der Waals surface area contributed by atoms with Crippen molar-refractivity contribution in [3.63, 3.8) is 0 Å². The number of rotatable bonds is 6. The molecule has 0 radical (unpaired) electrons. The standard InChI is InChI=1S/C19H22ClNO3S2/c20-15-8-10-16(11-9-15)26(23,24)18(17-7-4-12-25-17)13-21-19(22)14-5-2-1-3-6-14/h4,7-12,14,18H,1-3,5-6,13H2,(H,21,22)/t18-/m0/s1. The first-order valence-electron chi connectivity index (χ1n) is 8.79. The SMILES string of the molecule is O=C(NC[C@@H](c1cccs1)S(=O)(=O)c1ccc(Cl)cc1)C1CCCCC1. The third-order valence-corrected chi connectivity index (χ3v) is 8.30. The number of carbonyl (C=O) groups excluding carboxylic acids is 1. The van der Waals surface area contributed by atoms with Gasteiger partial charge in [-0.25, -0.2) is 8.42 Å². The third kappa shape index (κ3) is 4.48. The lowest BCUT2D eigenvalue weighted by Gasteiger charge is -2.23. The summed E-state index contributed by atoms with van der Waals surface area (Å²) >= 11 is 7.27. The Morgan fingerprint density at radius 1 is 1.15 bits per heavy atom. The number of carbonyl (C=O) groups is 1. The molecule has 0 bridgehead atoms. The molecule has 1 atom stereocenters. The van der Waals surface area contributed by atoms with Crippen LogP contribution in [0.5, 0.6) is 0 Å². The maximum atomic E-state index is 13.1. The molecule has 1 heterocycles. The number of halogens is 1. The van der Waals surface area contributed by atoms with Crippen LogP contribution in [0.2, 0.25) is 5.02 Å². The van der Waals surface area contributed by atoms with Crippen LogP contribution < -0.4 is 5.32 Å². The molecule has 1 aromatic heterocycles. The summed E-state index contributed by atoms with van der Waals surface area (Å²) in [4.78, 5) is 13.4. The van der Waals surface area contributed by atoms with Crippen LogP contribution in [0.4, 0.5) is 0 Å². The Bertz CT molecular complexity index is 826. The highest BCUT2D eigenvalue weighted by Crippen LogP contribution is 2.32. The normalized spacial score (nSPS) is 17.0. The summed E-state index contributed by atoms with van der Waals surface area (Å²) in [6.07, 6.45) is 5.08. The predicted molar refractivity (Wildman–Crippen MR) is 105 cm³/mol. The van der Waals surface area contributed by atoms with E-state index >= 15 is 0 Å². The van der Waals surface area contributed by atoms with Crippen molar-refractivity contribution >= 4 is 38.7 Å². The average molecular weight is 412 g/mol. The van der Waals surface area contributed by atoms with Gasteiger partial charge in [0.1, 0.15) is 5.25 Å². The molecule has 1 aliphatic carbocycles. The van der Waals surface area contributed by atoms with Crippen molar-refractivity contribution in [1.29, 1.82) is 0 Å². The number of nitrogens with one attached hydrogen (secondary N) is 1. The Labute approximate surface area is 163 Å². The van der Waals surface area contributed by atoms with Crippen LogP contribution in [0.15, 0.2) is 46.7 Å². The monoisotopic (exact) mass is 411 g/mol. The van der Waals surface area contributed by atoms with Gasteiger partial charge in [-0.05, 0) is 48.6 Å². The van der Waals surface area contributed by atoms with Crippen LogP contribution in [0, 0.1) is 5.92 Å². The molecule has 0 unspecified atom stereocenters. The van der Waals surface area contributed by atoms with E-state index in [1.807, 2.05) is 11.4 Å². The number of hydrogen-bond acceptors (Lipinski definition) is 4. The fraction of sp³-hybridized carbons (Fsp3) is 0.421. The van der Waals surface area contributed by atoms with Crippen LogP contribution in [-0.2, 0) is 14.6 Å². The molecule has 1 aromatic carbocycles. The molecule has 1 amide bonds. The zero-order valence-corrected chi connectivity index (χ0v) is 16.7. The van der Waals surface area contributed by atoms with Crippen LogP contribution in [-0.4, -0.2) is 20.9 Å². The fourth-order valence-corrected chi connectivity index (χ4v) is 6.24. The molecule has 2 aromatic rings. The van der Waals surface area contributed by atoms with Gasteiger partial charge in [0.2, 0.25) is 5.91 Å². The lowest BCUT2D eigenvalue weighted by atomic mass is 9.89. The van der Waals surface area contributed by atoms with Crippen molar-refractivity contribution in [2.24, 2.45) is 5.92 Å². The van der Waals surface area contributed by atoms with Gasteiger partial charge in [0.05, 0.1) is 4.90 Å². The van der Waals surface area contributed by atoms with E-state index in [0.717, 1.165) is 30.6 Å². The summed E-state index contributed by atoms with van der Waals surface area (Å²) in [7, 11) is -3.63. The number of thiophene rings is 1. The topological polar surface area (TPSA) is 63.2 Å². The molecule has 0 spiro atoms. The average Bonchev–Trinajstić information content (AvgIpc) is 3.17. The van der Waals surface area contributed by atoms with E-state index in [-0.39, 0.29) is 23.3 Å². The lowest BCUT2D eigenvalue weighted by Crippen LogP contribution is -2.36. The molecular weight excluding hydrogens is 390 g/mol. The van der Waals surface area contributed by atoms with E-state index in [1.165, 1.54) is 29.9 Å². The Hall–Kier alpha value is -1.37. The van der Waals surface area contributed by atoms with Crippen molar-refractivity contribution in [3.8, 4) is 0 Å². The summed E-state index contributed by atoms with van der Waals surface area (Å²) in [5.41, 5.74) is 0. The van der Waals surface area contributed by atoms with Crippen LogP contribution in [0.3, 0.4) is 0 Å². The molecular formula is C19H22ClNO3S2. The molecule has 1 fully saturated rings. The highest BCUT2D eigenvalue weighted by atomic mass is 35.5. The predicted octanol–water partition coefficient (Wildman–Crippen LogP) is 4.61. The highest BCUT2D eigenvalue weighted by Gasteiger charge is 2.31. The zero-order chi connectivity index (χ0) is 18.6. The van der Waals surface area contributed by atoms with E-state index in [0.29, 0.717) is 5.02 Å². The van der Waals surface area contributed by atoms with E-state index in [9.17, 15) is 13.2 Å². The molecule has 1 aliphatic rings. The van der Waals surface area contributed by atoms with Gasteiger partial charge in [-0.15, -0.1) is 11.3 Å². The largest absolute Gasteiger partial charge is 0.354 e. The quantitative estimate of drug-likeness (QED) is 0.754. The first kappa shape index (κ1) is 19.4. The summed E-state index contributed by atoms with van der Waals surface area (Å²) in [5.74, 6) is -0.0245. The molecule has 26 heavy (non-hydrogen) atoms. The first-order chi connectivity index (χ1) is 12.5. The lowest BCUT2D eigenvalue weighted by molar-refractivity contribution is -0.125. The Balaban J connectivity index is 1.79. The van der Waals surface area contributed by atoms with Crippen molar-refractivity contribution in [2.75, 3.05) is 6.54 Å². The first-order valence-corrected chi connectivity index (χ1v) is 11.6. The van der Waals surface area contributed by atoms with Gasteiger partial charge in [0.15, 0.2) is 9.84 Å². The minimum Gasteiger partial charge on any atom is -0.354 e. The van der Waals surface area contributed by atoms with E-state index in [4.69, 9.17) is 11.6 Å². The van der Waals surface area contributed by atoms with Gasteiger partial charge in [0.25, 0.3) is 0 Å². The Kier molecular flexibility index (Phi) is 6.37. The van der Waals surface area contributed by atoms with Gasteiger partial charge >= 0.3 is 0 Å². The molecule has 0 aliphatic heterocycles. The van der Waals surface area contributed by atoms with Crippen molar-refractivity contribution in [2.45, 2.75) is 42.2 Å². The van der Waals surface area contributed by atoms with Crippen molar-refractivity contribution in [3.05, 3.63) is 51.7 Å². The minimum absolute atomic E-state index is 0.00553. The Morgan fingerprint density at radius 3 is 2.46 bits per heavy atom. The molecule has 0 saturated heterocycles. The second-order valence-corrected chi connectivity index (χ2v) is 10.1. The fourth-order valence-electron chi connectivity index (χ4n) is 3.33. The summed E-state index contributed by atoms with van der Waals surface area (Å²) < 4.78 is 26.3. The number of sulfone groups is 1. The third-order valence-electron chi connectivity index (χ3n) is 4.81. The number of hydrogen-bond donors (Lipinski definition) is 1. The molecule has 140 valence electrons. The second kappa shape index (κ2) is 8.55. The number of amides is 1. The van der Waals surface area contributed by atoms with Crippen LogP contribution >= 0.6 is 22.9 Å². The molecule has 1 N–H and O–H groups in total. The number of benzene rings is 1. The smallest absolute Gasteiger partial charge is 0.223 e. The molecule has 1 saturated carbocycles. The van der Waals surface area contributed by atoms with E-state index < -0.39 is 15.1 Å². The van der Waals surface area contributed by atoms with Gasteiger partial charge in [-0.3, -0.25) is 4.79 Å². The van der Waals surface area contributed by atoms with Crippen LogP contribution in [0.25, 0.3) is 0 Å². The van der Waals surface area contributed by atoms with Gasteiger partial charge < -0.3 is 5.32 Å². The molecule has 3 rings (SSSR count). The van der Waals surface area contributed by atoms with Gasteiger partial charge in [0, 0.05) is 22.4 Å². The molecule has 7 heteroatoms. The van der Waals surface area contributed by atoms with E-state index in [2.05, 4.69) is 5.32 Å². The Morgan fingerprint density at radius 2 is 1.85 bits per heavy atom. The highest BCUT2D eigenvalue weighted by molar-refractivity contribution is 7.91. The van der Waals surface area contributed by atoms with Gasteiger partial charge in [-0.1, -0.05) is 36.9 Å². The zero-order valence-electron chi connectivity index (χ0n) is 14.4. The maximum Gasteiger partial charge on any atom is 0.223 e. The summed E-state index contributed by atoms with van der Waals surface area (Å²) in [6, 6.07) is 9.80. The summed E-state index contributed by atoms with van der Waals surface area (Å²) in [6.45, 7) is 0.0841. The molecule has 4 nitrogen and oxygen atoms in total. The van der Waals surface area contributed by atoms with Crippen LogP contribution in [0.1, 0.15) is 42.2 Å². The minimum atomic E-state index is -3.63. The maximum absolute atomic E-state index is 13.1. The van der Waals surface area contributed by atoms with E-state index in [1.54, 1.807) is 18.2 Å². The van der Waals surface area contributed by atoms with Gasteiger partial charge in [-0.2, -0.15) is 0 Å². The van der Waals surface area contributed by atoms with Crippen molar-refractivity contribution < 1.29 is 13.2 Å². The second-order valence-electron chi connectivity index (χ2n) is 6.58.